The molecule has 0 saturated heterocycles. The summed E-state index contributed by atoms with van der Waals surface area (Å²) in [6.45, 7) is 7.13. The highest BCUT2D eigenvalue weighted by molar-refractivity contribution is 7.17. The fourth-order valence-corrected chi connectivity index (χ4v) is 2.86. The number of nitrogens with one attached hydrogen (secondary N) is 1. The molecule has 1 atom stereocenters. The molecule has 0 aliphatic carbocycles. The Labute approximate surface area is 101 Å². The number of hydrogen-bond acceptors (Lipinski definition) is 2. The largest absolute Gasteiger partial charge is 0.307 e. The van der Waals surface area contributed by atoms with Gasteiger partial charge in [-0.1, -0.05) is 31.2 Å². The molecule has 1 aromatic carbocycles. The molecule has 0 aliphatic heterocycles. The highest BCUT2D eigenvalue weighted by Crippen LogP contribution is 2.30. The topological polar surface area (TPSA) is 12.0 Å². The van der Waals surface area contributed by atoms with Crippen LogP contribution in [0.25, 0.3) is 10.1 Å². The highest BCUT2D eigenvalue weighted by atomic mass is 32.1. The van der Waals surface area contributed by atoms with E-state index < -0.39 is 0 Å². The van der Waals surface area contributed by atoms with Crippen LogP contribution in [-0.4, -0.2) is 6.54 Å². The van der Waals surface area contributed by atoms with Gasteiger partial charge in [0.2, 0.25) is 0 Å². The molecular weight excluding hydrogens is 214 g/mol. The third-order valence-electron chi connectivity index (χ3n) is 2.70. The molecule has 1 unspecified atom stereocenters. The molecular formula is C14H17NS. The Morgan fingerprint density at radius 3 is 3.00 bits per heavy atom. The van der Waals surface area contributed by atoms with Crippen molar-refractivity contribution in [3.63, 3.8) is 0 Å². The highest BCUT2D eigenvalue weighted by Gasteiger charge is 2.11. The third-order valence-corrected chi connectivity index (χ3v) is 3.68. The van der Waals surface area contributed by atoms with Gasteiger partial charge in [-0.25, -0.2) is 0 Å². The van der Waals surface area contributed by atoms with Crippen LogP contribution in [0, 0.1) is 0 Å². The van der Waals surface area contributed by atoms with Crippen molar-refractivity contribution in [3.05, 3.63) is 47.9 Å². The normalized spacial score (nSPS) is 12.8. The first-order valence-corrected chi connectivity index (χ1v) is 6.57. The van der Waals surface area contributed by atoms with Crippen LogP contribution in [0.1, 0.15) is 24.9 Å². The number of hydrogen-bond donors (Lipinski definition) is 1. The minimum absolute atomic E-state index is 0.274. The van der Waals surface area contributed by atoms with Crippen LogP contribution in [0.3, 0.4) is 0 Å². The van der Waals surface area contributed by atoms with Crippen molar-refractivity contribution >= 4 is 21.4 Å². The molecule has 1 nitrogen and oxygen atoms in total. The van der Waals surface area contributed by atoms with Crippen LogP contribution in [0.15, 0.2) is 42.3 Å². The van der Waals surface area contributed by atoms with Crippen LogP contribution in [0.2, 0.25) is 0 Å². The lowest BCUT2D eigenvalue weighted by atomic mass is 10.1. The van der Waals surface area contributed by atoms with E-state index in [9.17, 15) is 0 Å². The van der Waals surface area contributed by atoms with E-state index in [-0.39, 0.29) is 6.04 Å². The Morgan fingerprint density at radius 1 is 1.44 bits per heavy atom. The lowest BCUT2D eigenvalue weighted by Gasteiger charge is -2.13. The van der Waals surface area contributed by atoms with Gasteiger partial charge in [-0.15, -0.1) is 17.9 Å². The Balaban J connectivity index is 2.33. The van der Waals surface area contributed by atoms with E-state index in [0.717, 1.165) is 13.0 Å². The van der Waals surface area contributed by atoms with Gasteiger partial charge in [-0.2, -0.15) is 0 Å². The summed E-state index contributed by atoms with van der Waals surface area (Å²) < 4.78 is 1.35. The van der Waals surface area contributed by atoms with E-state index in [0.29, 0.717) is 0 Å². The van der Waals surface area contributed by atoms with Crippen molar-refractivity contribution in [2.24, 2.45) is 0 Å². The minimum Gasteiger partial charge on any atom is -0.307 e. The van der Waals surface area contributed by atoms with Crippen molar-refractivity contribution in [3.8, 4) is 0 Å². The molecule has 0 aliphatic rings. The zero-order valence-electron chi connectivity index (χ0n) is 9.57. The van der Waals surface area contributed by atoms with Crippen LogP contribution in [-0.2, 0) is 0 Å². The van der Waals surface area contributed by atoms with Gasteiger partial charge < -0.3 is 5.32 Å². The van der Waals surface area contributed by atoms with Crippen molar-refractivity contribution in [1.29, 1.82) is 0 Å². The van der Waals surface area contributed by atoms with E-state index in [1.165, 1.54) is 15.6 Å². The van der Waals surface area contributed by atoms with Gasteiger partial charge in [0.1, 0.15) is 0 Å². The second kappa shape index (κ2) is 5.28. The lowest BCUT2D eigenvalue weighted by molar-refractivity contribution is 0.618. The van der Waals surface area contributed by atoms with E-state index in [1.807, 2.05) is 6.08 Å². The SMILES string of the molecule is C=CC(NCCC)c1csc2ccccc12. The molecule has 2 heteroatoms. The average molecular weight is 231 g/mol. The molecule has 0 radical (unpaired) electrons. The third kappa shape index (κ3) is 2.18. The van der Waals surface area contributed by atoms with E-state index in [4.69, 9.17) is 0 Å². The second-order valence-corrected chi connectivity index (χ2v) is 4.77. The molecule has 2 aromatic rings. The Hall–Kier alpha value is -1.12. The Kier molecular flexibility index (Phi) is 3.75. The minimum atomic E-state index is 0.274. The van der Waals surface area contributed by atoms with Crippen molar-refractivity contribution in [2.45, 2.75) is 19.4 Å². The van der Waals surface area contributed by atoms with E-state index in [1.54, 1.807) is 11.3 Å². The molecule has 2 rings (SSSR count). The van der Waals surface area contributed by atoms with Gasteiger partial charge in [-0.05, 0) is 35.4 Å². The zero-order valence-corrected chi connectivity index (χ0v) is 10.4. The van der Waals surface area contributed by atoms with Gasteiger partial charge >= 0.3 is 0 Å². The van der Waals surface area contributed by atoms with Crippen molar-refractivity contribution in [2.75, 3.05) is 6.54 Å². The summed E-state index contributed by atoms with van der Waals surface area (Å²) in [7, 11) is 0. The summed E-state index contributed by atoms with van der Waals surface area (Å²) in [5.41, 5.74) is 1.35. The van der Waals surface area contributed by atoms with Crippen molar-refractivity contribution in [1.82, 2.24) is 5.32 Å². The fourth-order valence-electron chi connectivity index (χ4n) is 1.86. The lowest BCUT2D eigenvalue weighted by Crippen LogP contribution is -2.19. The number of fused-ring (bicyclic) bond motifs is 1. The number of benzene rings is 1. The first kappa shape index (κ1) is 11.4. The van der Waals surface area contributed by atoms with Gasteiger partial charge in [-0.3, -0.25) is 0 Å². The van der Waals surface area contributed by atoms with Crippen LogP contribution in [0.5, 0.6) is 0 Å². The van der Waals surface area contributed by atoms with E-state index in [2.05, 4.69) is 48.5 Å². The average Bonchev–Trinajstić information content (AvgIpc) is 2.75. The van der Waals surface area contributed by atoms with Crippen molar-refractivity contribution < 1.29 is 0 Å². The molecule has 0 fully saturated rings. The first-order valence-electron chi connectivity index (χ1n) is 5.69. The molecule has 84 valence electrons. The predicted molar refractivity (Wildman–Crippen MR) is 73.1 cm³/mol. The number of thiophene rings is 1. The fraction of sp³-hybridized carbons (Fsp3) is 0.286. The van der Waals surface area contributed by atoms with Gasteiger partial charge in [0.05, 0.1) is 6.04 Å². The molecule has 0 saturated carbocycles. The summed E-state index contributed by atoms with van der Waals surface area (Å²) >= 11 is 1.80. The van der Waals surface area contributed by atoms with E-state index >= 15 is 0 Å². The second-order valence-electron chi connectivity index (χ2n) is 3.85. The molecule has 1 heterocycles. The molecule has 1 aromatic heterocycles. The first-order chi connectivity index (χ1) is 7.86. The van der Waals surface area contributed by atoms with Gasteiger partial charge in [0, 0.05) is 4.70 Å². The molecule has 0 amide bonds. The smallest absolute Gasteiger partial charge is 0.0518 e. The maximum absolute atomic E-state index is 3.92. The Bertz CT molecular complexity index is 472. The summed E-state index contributed by atoms with van der Waals surface area (Å²) in [6, 6.07) is 8.81. The van der Waals surface area contributed by atoms with Gasteiger partial charge in [0.15, 0.2) is 0 Å². The molecule has 0 bridgehead atoms. The van der Waals surface area contributed by atoms with Crippen LogP contribution < -0.4 is 5.32 Å². The molecule has 16 heavy (non-hydrogen) atoms. The Morgan fingerprint density at radius 2 is 2.25 bits per heavy atom. The van der Waals surface area contributed by atoms with Crippen LogP contribution >= 0.6 is 11.3 Å². The summed E-state index contributed by atoms with van der Waals surface area (Å²) in [5.74, 6) is 0. The zero-order chi connectivity index (χ0) is 11.4. The maximum Gasteiger partial charge on any atom is 0.0518 e. The predicted octanol–water partition coefficient (Wildman–Crippen LogP) is 4.13. The van der Waals surface area contributed by atoms with Crippen LogP contribution in [0.4, 0.5) is 0 Å². The monoisotopic (exact) mass is 231 g/mol. The summed E-state index contributed by atoms with van der Waals surface area (Å²) in [4.78, 5) is 0. The maximum atomic E-state index is 3.92. The number of rotatable bonds is 5. The standard InChI is InChI=1S/C14H17NS/c1-3-9-15-13(4-2)12-10-16-14-8-6-5-7-11(12)14/h4-8,10,13,15H,2-3,9H2,1H3. The van der Waals surface area contributed by atoms with Gasteiger partial charge in [0.25, 0.3) is 0 Å². The summed E-state index contributed by atoms with van der Waals surface area (Å²) in [5, 5.41) is 7.09. The molecule has 0 spiro atoms. The molecule has 1 N–H and O–H groups in total. The quantitative estimate of drug-likeness (QED) is 0.763. The summed E-state index contributed by atoms with van der Waals surface area (Å²) in [6.07, 6.45) is 3.14.